The molecule has 6 aromatic rings. The summed E-state index contributed by atoms with van der Waals surface area (Å²) in [6.45, 7) is 1.94. The Morgan fingerprint density at radius 2 is 1.90 bits per heavy atom. The van der Waals surface area contributed by atoms with E-state index in [0.717, 1.165) is 34.5 Å². The molecule has 1 saturated carbocycles. The number of rotatable bonds is 6. The van der Waals surface area contributed by atoms with Gasteiger partial charge in [-0.15, -0.1) is 11.3 Å². The number of methoxy groups -OCH3 is 1. The van der Waals surface area contributed by atoms with Crippen molar-refractivity contribution in [2.24, 2.45) is 5.92 Å². The predicted octanol–water partition coefficient (Wildman–Crippen LogP) is 5.87. The van der Waals surface area contributed by atoms with Gasteiger partial charge in [-0.3, -0.25) is 9.20 Å². The number of pyridine rings is 1. The summed E-state index contributed by atoms with van der Waals surface area (Å²) >= 11 is 1.54. The summed E-state index contributed by atoms with van der Waals surface area (Å²) in [5.41, 5.74) is 11.1. The number of nitrogens with zero attached hydrogens (tertiary/aromatic N) is 5. The number of benzene rings is 2. The average molecular weight is 553 g/mol. The summed E-state index contributed by atoms with van der Waals surface area (Å²) in [7, 11) is 1.42. The fourth-order valence-corrected chi connectivity index (χ4v) is 6.48. The van der Waals surface area contributed by atoms with Gasteiger partial charge in [-0.25, -0.2) is 19.0 Å². The molecule has 0 saturated heterocycles. The summed E-state index contributed by atoms with van der Waals surface area (Å²) in [5, 5.41) is 7.57. The van der Waals surface area contributed by atoms with Crippen molar-refractivity contribution in [3.63, 3.8) is 0 Å². The fourth-order valence-electron chi connectivity index (χ4n) is 5.55. The molecule has 7 rings (SSSR count). The van der Waals surface area contributed by atoms with Gasteiger partial charge in [0.1, 0.15) is 22.7 Å². The summed E-state index contributed by atoms with van der Waals surface area (Å²) < 4.78 is 23.5. The van der Waals surface area contributed by atoms with Crippen LogP contribution in [0.5, 0.6) is 5.75 Å². The summed E-state index contributed by atoms with van der Waals surface area (Å²) in [5.74, 6) is 0.129. The molecule has 1 aliphatic rings. The minimum absolute atomic E-state index is 0.0637. The number of anilines is 1. The Balaban J connectivity index is 1.53. The number of thiazole rings is 1. The van der Waals surface area contributed by atoms with E-state index in [4.69, 9.17) is 15.6 Å². The van der Waals surface area contributed by atoms with E-state index in [1.54, 1.807) is 16.5 Å². The lowest BCUT2D eigenvalue weighted by molar-refractivity contribution is 0.386. The Kier molecular flexibility index (Phi) is 5.67. The zero-order valence-corrected chi connectivity index (χ0v) is 22.7. The third-order valence-electron chi connectivity index (χ3n) is 7.56. The molecule has 0 amide bonds. The van der Waals surface area contributed by atoms with E-state index in [1.807, 2.05) is 47.3 Å². The highest BCUT2D eigenvalue weighted by Gasteiger charge is 2.39. The molecule has 0 unspecified atom stereocenters. The molecular formula is C30H25FN6O2S. The highest BCUT2D eigenvalue weighted by Crippen LogP contribution is 2.47. The first-order chi connectivity index (χ1) is 19.5. The normalized spacial score (nSPS) is 14.2. The third kappa shape index (κ3) is 3.78. The highest BCUT2D eigenvalue weighted by molar-refractivity contribution is 7.15. The Morgan fingerprint density at radius 3 is 2.62 bits per heavy atom. The number of aryl methyl sites for hydroxylation is 1. The lowest BCUT2D eigenvalue weighted by atomic mass is 9.93. The van der Waals surface area contributed by atoms with Gasteiger partial charge in [-0.1, -0.05) is 30.3 Å². The van der Waals surface area contributed by atoms with Crippen LogP contribution >= 0.6 is 11.3 Å². The summed E-state index contributed by atoms with van der Waals surface area (Å²) in [4.78, 5) is 23.8. The predicted molar refractivity (Wildman–Crippen MR) is 154 cm³/mol. The molecule has 4 aromatic heterocycles. The Labute approximate surface area is 232 Å². The van der Waals surface area contributed by atoms with E-state index < -0.39 is 5.82 Å². The van der Waals surface area contributed by atoms with Gasteiger partial charge in [0.25, 0.3) is 5.56 Å². The van der Waals surface area contributed by atoms with Crippen LogP contribution in [0.2, 0.25) is 0 Å². The van der Waals surface area contributed by atoms with Crippen LogP contribution in [0.1, 0.15) is 30.1 Å². The van der Waals surface area contributed by atoms with Crippen LogP contribution in [0.4, 0.5) is 10.2 Å². The minimum Gasteiger partial charge on any atom is -0.494 e. The zero-order valence-electron chi connectivity index (χ0n) is 21.8. The van der Waals surface area contributed by atoms with Gasteiger partial charge >= 0.3 is 0 Å². The summed E-state index contributed by atoms with van der Waals surface area (Å²) in [6.07, 6.45) is 3.38. The van der Waals surface area contributed by atoms with Crippen molar-refractivity contribution < 1.29 is 9.13 Å². The third-order valence-corrected chi connectivity index (χ3v) is 8.57. The van der Waals surface area contributed by atoms with Gasteiger partial charge in [-0.2, -0.15) is 5.10 Å². The molecular weight excluding hydrogens is 527 g/mol. The first kappa shape index (κ1) is 24.5. The van der Waals surface area contributed by atoms with Gasteiger partial charge < -0.3 is 10.5 Å². The van der Waals surface area contributed by atoms with Crippen LogP contribution in [0.15, 0.2) is 71.1 Å². The van der Waals surface area contributed by atoms with Crippen LogP contribution in [0, 0.1) is 18.7 Å². The molecule has 8 nitrogen and oxygen atoms in total. The minimum atomic E-state index is -0.505. The monoisotopic (exact) mass is 552 g/mol. The zero-order chi connectivity index (χ0) is 27.5. The molecule has 2 aromatic carbocycles. The number of fused-ring (bicyclic) bond motifs is 2. The van der Waals surface area contributed by atoms with Crippen molar-refractivity contribution in [3.05, 3.63) is 93.7 Å². The molecule has 200 valence electrons. The van der Waals surface area contributed by atoms with Gasteiger partial charge in [-0.05, 0) is 61.1 Å². The lowest BCUT2D eigenvalue weighted by Crippen LogP contribution is -2.23. The Morgan fingerprint density at radius 1 is 1.10 bits per heavy atom. The molecule has 1 aliphatic carbocycles. The Hall–Kier alpha value is -4.57. The SMILES string of the molecule is COc1ccc(-c2nn([C@H](c3cc4scc(C)n4c(=O)c3-c3ccccc3)C3CC3)c3ncnc(N)c23)cc1F. The Bertz CT molecular complexity index is 1980. The van der Waals surface area contributed by atoms with Crippen molar-refractivity contribution in [2.75, 3.05) is 12.8 Å². The molecule has 40 heavy (non-hydrogen) atoms. The summed E-state index contributed by atoms with van der Waals surface area (Å²) in [6, 6.07) is 16.3. The quantitative estimate of drug-likeness (QED) is 0.277. The maximum absolute atomic E-state index is 14.8. The molecule has 4 heterocycles. The van der Waals surface area contributed by atoms with Gasteiger partial charge in [0.2, 0.25) is 0 Å². The molecule has 10 heteroatoms. The molecule has 2 N–H and O–H groups in total. The van der Waals surface area contributed by atoms with Crippen LogP contribution in [0.3, 0.4) is 0 Å². The maximum Gasteiger partial charge on any atom is 0.264 e. The maximum atomic E-state index is 14.8. The second-order valence-corrected chi connectivity index (χ2v) is 11.0. The number of nitrogens with two attached hydrogens (primary N) is 1. The van der Waals surface area contributed by atoms with Crippen molar-refractivity contribution in [1.29, 1.82) is 0 Å². The number of hydrogen-bond acceptors (Lipinski definition) is 7. The van der Waals surface area contributed by atoms with E-state index in [9.17, 15) is 9.18 Å². The molecule has 0 bridgehead atoms. The van der Waals surface area contributed by atoms with Crippen molar-refractivity contribution >= 4 is 33.0 Å². The molecule has 0 aliphatic heterocycles. The van der Waals surface area contributed by atoms with Crippen LogP contribution in [0.25, 0.3) is 38.2 Å². The van der Waals surface area contributed by atoms with Crippen LogP contribution in [-0.4, -0.2) is 31.3 Å². The van der Waals surface area contributed by atoms with Crippen LogP contribution < -0.4 is 16.0 Å². The van der Waals surface area contributed by atoms with E-state index >= 15 is 0 Å². The molecule has 1 atom stereocenters. The molecule has 0 radical (unpaired) electrons. The number of ether oxygens (including phenoxy) is 1. The standard InChI is InChI=1S/C30H25FN6O2S/c1-16-14-40-23-13-20(24(30(38)36(16)23)17-6-4-3-5-7-17)27(18-8-9-18)37-29-25(28(32)33-15-34-29)26(35-37)19-10-11-22(39-2)21(31)12-19/h3-7,10-15,18,27H,8-9H2,1-2H3,(H2,32,33,34)/t27-/m0/s1. The molecule has 0 spiro atoms. The smallest absolute Gasteiger partial charge is 0.264 e. The van der Waals surface area contributed by atoms with Crippen molar-refractivity contribution in [2.45, 2.75) is 25.8 Å². The highest BCUT2D eigenvalue weighted by atomic mass is 32.1. The second-order valence-electron chi connectivity index (χ2n) is 10.1. The number of hydrogen-bond donors (Lipinski definition) is 1. The van der Waals surface area contributed by atoms with E-state index in [2.05, 4.69) is 16.0 Å². The fraction of sp³-hybridized carbons (Fsp3) is 0.200. The first-order valence-electron chi connectivity index (χ1n) is 13.0. The molecule has 1 fully saturated rings. The topological polar surface area (TPSA) is 100 Å². The lowest BCUT2D eigenvalue weighted by Gasteiger charge is -2.22. The van der Waals surface area contributed by atoms with Gasteiger partial charge in [0, 0.05) is 16.6 Å². The van der Waals surface area contributed by atoms with Crippen LogP contribution in [-0.2, 0) is 0 Å². The second kappa shape index (κ2) is 9.27. The number of nitrogen functional groups attached to an aromatic ring is 1. The number of aromatic nitrogens is 5. The van der Waals surface area contributed by atoms with Crippen molar-refractivity contribution in [1.82, 2.24) is 24.1 Å². The van der Waals surface area contributed by atoms with Crippen molar-refractivity contribution in [3.8, 4) is 28.1 Å². The van der Waals surface area contributed by atoms with Gasteiger partial charge in [0.05, 0.1) is 24.1 Å². The average Bonchev–Trinajstić information content (AvgIpc) is 3.61. The van der Waals surface area contributed by atoms with E-state index in [0.29, 0.717) is 27.9 Å². The van der Waals surface area contributed by atoms with Gasteiger partial charge in [0.15, 0.2) is 17.2 Å². The van der Waals surface area contributed by atoms with E-state index in [-0.39, 0.29) is 29.1 Å². The first-order valence-corrected chi connectivity index (χ1v) is 13.9. The van der Waals surface area contributed by atoms with E-state index in [1.165, 1.54) is 30.8 Å². The number of halogens is 1. The largest absolute Gasteiger partial charge is 0.494 e.